The van der Waals surface area contributed by atoms with Gasteiger partial charge in [0.1, 0.15) is 0 Å². The van der Waals surface area contributed by atoms with Gasteiger partial charge in [0.15, 0.2) is 17.5 Å². The number of aromatic nitrogens is 3. The fourth-order valence-corrected chi connectivity index (χ4v) is 7.70. The van der Waals surface area contributed by atoms with Crippen molar-refractivity contribution >= 4 is 17.8 Å². The van der Waals surface area contributed by atoms with Crippen molar-refractivity contribution in [2.45, 2.75) is 76.3 Å². The Hall–Kier alpha value is -4.48. The fourth-order valence-electron chi connectivity index (χ4n) is 7.70. The quantitative estimate of drug-likeness (QED) is 0.174. The lowest BCUT2D eigenvalue weighted by Gasteiger charge is -2.36. The number of piperidine rings is 1. The minimum atomic E-state index is -1.52. The lowest BCUT2D eigenvalue weighted by atomic mass is 9.74. The number of nitrogens with zero attached hydrogens (tertiary/aromatic N) is 5. The first-order valence-corrected chi connectivity index (χ1v) is 16.4. The molecule has 2 atom stereocenters. The SMILES string of the molecule is COC(=O)C1(Cc2cn(C3CCN(C(=O)c4cccc(C(=O)N5CCC(c6cc(F)c(F)c(F)c6)C5(C)C)c4)CC3)nn2)CC=CCC1. The molecule has 9 nitrogen and oxygen atoms in total. The van der Waals surface area contributed by atoms with Gasteiger partial charge in [-0.3, -0.25) is 14.4 Å². The Labute approximate surface area is 277 Å². The molecule has 0 saturated carbocycles. The van der Waals surface area contributed by atoms with Crippen LogP contribution in [0, 0.1) is 22.9 Å². The number of ether oxygens (including phenoxy) is 1. The molecule has 0 N–H and O–H groups in total. The summed E-state index contributed by atoms with van der Waals surface area (Å²) in [4.78, 5) is 43.4. The zero-order valence-corrected chi connectivity index (χ0v) is 27.4. The van der Waals surface area contributed by atoms with E-state index in [2.05, 4.69) is 16.4 Å². The highest BCUT2D eigenvalue weighted by molar-refractivity contribution is 6.00. The van der Waals surface area contributed by atoms with Gasteiger partial charge in [0.2, 0.25) is 0 Å². The maximum Gasteiger partial charge on any atom is 0.312 e. The number of halogens is 3. The average Bonchev–Trinajstić information content (AvgIpc) is 3.69. The average molecular weight is 664 g/mol. The lowest BCUT2D eigenvalue weighted by molar-refractivity contribution is -0.153. The molecule has 3 heterocycles. The summed E-state index contributed by atoms with van der Waals surface area (Å²) >= 11 is 0. The van der Waals surface area contributed by atoms with Crippen LogP contribution in [-0.4, -0.2) is 74.9 Å². The third kappa shape index (κ3) is 6.24. The Kier molecular flexibility index (Phi) is 9.19. The summed E-state index contributed by atoms with van der Waals surface area (Å²) in [6.07, 6.45) is 10.4. The third-order valence-electron chi connectivity index (χ3n) is 10.5. The monoisotopic (exact) mass is 663 g/mol. The van der Waals surface area contributed by atoms with E-state index < -0.39 is 34.3 Å². The van der Waals surface area contributed by atoms with Gasteiger partial charge in [-0.05, 0) is 88.3 Å². The molecule has 6 rings (SSSR count). The van der Waals surface area contributed by atoms with E-state index in [9.17, 15) is 27.6 Å². The van der Waals surface area contributed by atoms with Gasteiger partial charge in [-0.2, -0.15) is 0 Å². The Balaban J connectivity index is 1.09. The van der Waals surface area contributed by atoms with Crippen molar-refractivity contribution in [2.75, 3.05) is 26.7 Å². The molecule has 2 fully saturated rings. The Morgan fingerprint density at radius 3 is 2.27 bits per heavy atom. The number of hydrogen-bond donors (Lipinski definition) is 0. The fraction of sp³-hybridized carbons (Fsp3) is 0.472. The lowest BCUT2D eigenvalue weighted by Crippen LogP contribution is -2.45. The summed E-state index contributed by atoms with van der Waals surface area (Å²) in [7, 11) is 1.41. The number of carbonyl (C=O) groups excluding carboxylic acids is 3. The molecule has 2 saturated heterocycles. The maximum absolute atomic E-state index is 14.0. The van der Waals surface area contributed by atoms with E-state index in [1.54, 1.807) is 34.1 Å². The molecule has 2 aromatic carbocycles. The van der Waals surface area contributed by atoms with Crippen LogP contribution in [0.4, 0.5) is 13.2 Å². The number of likely N-dealkylation sites (tertiary alicyclic amines) is 2. The molecule has 1 aliphatic carbocycles. The molecule has 48 heavy (non-hydrogen) atoms. The van der Waals surface area contributed by atoms with Crippen molar-refractivity contribution < 1.29 is 32.3 Å². The molecule has 0 bridgehead atoms. The molecule has 12 heteroatoms. The van der Waals surface area contributed by atoms with Gasteiger partial charge in [0.25, 0.3) is 11.8 Å². The van der Waals surface area contributed by atoms with Gasteiger partial charge in [0.05, 0.1) is 24.3 Å². The molecule has 2 aliphatic heterocycles. The van der Waals surface area contributed by atoms with E-state index in [0.717, 1.165) is 24.2 Å². The molecular weight excluding hydrogens is 623 g/mol. The zero-order valence-electron chi connectivity index (χ0n) is 27.4. The van der Waals surface area contributed by atoms with Crippen LogP contribution in [0.3, 0.4) is 0 Å². The van der Waals surface area contributed by atoms with Crippen LogP contribution in [0.15, 0.2) is 54.7 Å². The van der Waals surface area contributed by atoms with Crippen LogP contribution in [-0.2, 0) is 16.0 Å². The first kappa shape index (κ1) is 33.4. The topological polar surface area (TPSA) is 97.6 Å². The summed E-state index contributed by atoms with van der Waals surface area (Å²) in [5.41, 5.74) is 0.323. The number of amides is 2. The van der Waals surface area contributed by atoms with E-state index in [1.165, 1.54) is 7.11 Å². The van der Waals surface area contributed by atoms with Gasteiger partial charge in [-0.15, -0.1) is 5.10 Å². The Morgan fingerprint density at radius 2 is 1.62 bits per heavy atom. The molecule has 0 spiro atoms. The predicted molar refractivity (Wildman–Crippen MR) is 171 cm³/mol. The van der Waals surface area contributed by atoms with Crippen LogP contribution >= 0.6 is 0 Å². The number of methoxy groups -OCH3 is 1. The van der Waals surface area contributed by atoms with E-state index in [4.69, 9.17) is 4.74 Å². The van der Waals surface area contributed by atoms with Crippen LogP contribution < -0.4 is 0 Å². The van der Waals surface area contributed by atoms with Crippen molar-refractivity contribution in [3.05, 3.63) is 94.6 Å². The van der Waals surface area contributed by atoms with E-state index in [1.807, 2.05) is 30.8 Å². The standard InChI is InChI=1S/C36H40F3N5O4/c1-35(2)28(25-19-29(37)31(39)30(38)20-25)12-17-43(35)33(46)24-9-7-8-23(18-24)32(45)42-15-10-27(11-16-42)44-22-26(40-41-44)21-36(34(47)48-3)13-5-4-6-14-36/h4-5,7-9,18-20,22,27-28H,6,10-17,21H2,1-3H3. The number of rotatable bonds is 7. The highest BCUT2D eigenvalue weighted by Crippen LogP contribution is 2.43. The van der Waals surface area contributed by atoms with E-state index in [0.29, 0.717) is 74.8 Å². The van der Waals surface area contributed by atoms with E-state index >= 15 is 0 Å². The van der Waals surface area contributed by atoms with Gasteiger partial charge in [-0.25, -0.2) is 17.9 Å². The second kappa shape index (κ2) is 13.2. The van der Waals surface area contributed by atoms with Crippen molar-refractivity contribution in [1.82, 2.24) is 24.8 Å². The molecule has 2 unspecified atom stereocenters. The number of hydrogen-bond acceptors (Lipinski definition) is 6. The second-order valence-electron chi connectivity index (χ2n) is 13.7. The third-order valence-corrected chi connectivity index (χ3v) is 10.5. The zero-order chi connectivity index (χ0) is 34.2. The summed E-state index contributed by atoms with van der Waals surface area (Å²) in [5.74, 6) is -5.13. The van der Waals surface area contributed by atoms with Crippen molar-refractivity contribution in [3.8, 4) is 0 Å². The number of esters is 1. The molecule has 0 radical (unpaired) electrons. The smallest absolute Gasteiger partial charge is 0.312 e. The number of carbonyl (C=O) groups is 3. The number of benzene rings is 2. The van der Waals surface area contributed by atoms with Gasteiger partial charge < -0.3 is 14.5 Å². The largest absolute Gasteiger partial charge is 0.469 e. The Morgan fingerprint density at radius 1 is 0.938 bits per heavy atom. The summed E-state index contributed by atoms with van der Waals surface area (Å²) in [6.45, 7) is 4.99. The summed E-state index contributed by atoms with van der Waals surface area (Å²) < 4.78 is 48.6. The maximum atomic E-state index is 14.0. The minimum absolute atomic E-state index is 0.0527. The number of allylic oxidation sites excluding steroid dienone is 2. The highest BCUT2D eigenvalue weighted by atomic mass is 19.2. The minimum Gasteiger partial charge on any atom is -0.469 e. The Bertz CT molecular complexity index is 1730. The molecular formula is C36H40F3N5O4. The van der Waals surface area contributed by atoms with Crippen molar-refractivity contribution in [1.29, 1.82) is 0 Å². The van der Waals surface area contributed by atoms with Crippen LogP contribution in [0.2, 0.25) is 0 Å². The van der Waals surface area contributed by atoms with Gasteiger partial charge >= 0.3 is 5.97 Å². The van der Waals surface area contributed by atoms with E-state index in [-0.39, 0.29) is 23.8 Å². The highest BCUT2D eigenvalue weighted by Gasteiger charge is 2.45. The summed E-state index contributed by atoms with van der Waals surface area (Å²) in [6, 6.07) is 8.67. The van der Waals surface area contributed by atoms with Gasteiger partial charge in [-0.1, -0.05) is 23.4 Å². The van der Waals surface area contributed by atoms with Crippen molar-refractivity contribution in [3.63, 3.8) is 0 Å². The van der Waals surface area contributed by atoms with Crippen LogP contribution in [0.25, 0.3) is 0 Å². The second-order valence-corrected chi connectivity index (χ2v) is 13.7. The van der Waals surface area contributed by atoms with Crippen LogP contribution in [0.5, 0.6) is 0 Å². The summed E-state index contributed by atoms with van der Waals surface area (Å²) in [5, 5.41) is 8.73. The van der Waals surface area contributed by atoms with Crippen molar-refractivity contribution in [2.24, 2.45) is 5.41 Å². The van der Waals surface area contributed by atoms with Crippen LogP contribution in [0.1, 0.15) is 96.3 Å². The molecule has 254 valence electrons. The molecule has 3 aromatic rings. The first-order chi connectivity index (χ1) is 22.9. The molecule has 3 aliphatic rings. The molecule has 2 amide bonds. The normalized spacial score (nSPS) is 22.6. The predicted octanol–water partition coefficient (Wildman–Crippen LogP) is 6.02. The molecule has 1 aromatic heterocycles. The first-order valence-electron chi connectivity index (χ1n) is 16.4. The van der Waals surface area contributed by atoms with Gasteiger partial charge in [0, 0.05) is 54.8 Å².